The Kier molecular flexibility index (Phi) is 6.70. The molecule has 0 radical (unpaired) electrons. The number of carbonyl (C=O) groups excluding carboxylic acids is 1. The molecule has 2 aromatic rings. The predicted molar refractivity (Wildman–Crippen MR) is 101 cm³/mol. The number of benzene rings is 2. The average Bonchev–Trinajstić information content (AvgIpc) is 2.56. The lowest BCUT2D eigenvalue weighted by molar-refractivity contribution is 0.102. The molecule has 0 bridgehead atoms. The van der Waals surface area contributed by atoms with E-state index in [9.17, 15) is 4.79 Å². The normalized spacial score (nSPS) is 10.2. The first-order chi connectivity index (χ1) is 11.2. The van der Waals surface area contributed by atoms with Crippen LogP contribution in [0.2, 0.25) is 0 Å². The molecule has 0 atom stereocenters. The van der Waals surface area contributed by atoms with Crippen molar-refractivity contribution in [2.45, 2.75) is 19.8 Å². The van der Waals surface area contributed by atoms with Gasteiger partial charge in [0.25, 0.3) is 5.91 Å². The van der Waals surface area contributed by atoms with E-state index in [-0.39, 0.29) is 5.91 Å². The fourth-order valence-electron chi connectivity index (χ4n) is 2.02. The van der Waals surface area contributed by atoms with Gasteiger partial charge in [0.2, 0.25) is 0 Å². The average molecular weight is 425 g/mol. The molecule has 0 aliphatic rings. The van der Waals surface area contributed by atoms with E-state index >= 15 is 0 Å². The summed E-state index contributed by atoms with van der Waals surface area (Å²) in [6, 6.07) is 12.8. The fraction of sp³-hybridized carbons (Fsp3) is 0.278. The van der Waals surface area contributed by atoms with Gasteiger partial charge in [0.05, 0.1) is 23.0 Å². The lowest BCUT2D eigenvalue weighted by Gasteiger charge is -2.12. The molecule has 0 fully saturated rings. The molecular weight excluding hydrogens is 405 g/mol. The van der Waals surface area contributed by atoms with Gasteiger partial charge in [-0.1, -0.05) is 25.5 Å². The zero-order chi connectivity index (χ0) is 16.7. The van der Waals surface area contributed by atoms with Crippen molar-refractivity contribution in [3.05, 3.63) is 51.6 Å². The summed E-state index contributed by atoms with van der Waals surface area (Å²) in [6.45, 7) is 2.76. The highest BCUT2D eigenvalue weighted by molar-refractivity contribution is 14.1. The largest absolute Gasteiger partial charge is 0.496 e. The highest BCUT2D eigenvalue weighted by Crippen LogP contribution is 2.26. The zero-order valence-corrected chi connectivity index (χ0v) is 15.4. The van der Waals surface area contributed by atoms with Gasteiger partial charge in [-0.05, 0) is 59.3 Å². The number of unbranched alkanes of at least 4 members (excludes halogenated alkanes) is 1. The van der Waals surface area contributed by atoms with Crippen LogP contribution in [-0.2, 0) is 0 Å². The summed E-state index contributed by atoms with van der Waals surface area (Å²) in [5, 5.41) is 2.91. The van der Waals surface area contributed by atoms with Gasteiger partial charge < -0.3 is 14.8 Å². The third kappa shape index (κ3) is 4.86. The van der Waals surface area contributed by atoms with Gasteiger partial charge in [-0.25, -0.2) is 0 Å². The molecule has 1 amide bonds. The number of carbonyl (C=O) groups is 1. The molecule has 0 aliphatic carbocycles. The van der Waals surface area contributed by atoms with E-state index in [0.717, 1.165) is 22.2 Å². The maximum atomic E-state index is 12.4. The van der Waals surface area contributed by atoms with Gasteiger partial charge in [0.1, 0.15) is 11.5 Å². The Balaban J connectivity index is 2.12. The molecule has 0 saturated heterocycles. The summed E-state index contributed by atoms with van der Waals surface area (Å²) < 4.78 is 11.8. The van der Waals surface area contributed by atoms with Crippen molar-refractivity contribution >= 4 is 34.2 Å². The lowest BCUT2D eigenvalue weighted by atomic mass is 10.2. The van der Waals surface area contributed by atoms with E-state index in [1.54, 1.807) is 25.3 Å². The van der Waals surface area contributed by atoms with Gasteiger partial charge in [0.15, 0.2) is 0 Å². The second-order valence-corrected chi connectivity index (χ2v) is 6.16. The SMILES string of the molecule is CCCCOc1ccccc1NC(=O)c1ccc(OC)c(I)c1. The minimum Gasteiger partial charge on any atom is -0.496 e. The second-order valence-electron chi connectivity index (χ2n) is 5.00. The highest BCUT2D eigenvalue weighted by Gasteiger charge is 2.11. The minimum atomic E-state index is -0.169. The van der Waals surface area contributed by atoms with E-state index < -0.39 is 0 Å². The van der Waals surface area contributed by atoms with Crippen molar-refractivity contribution in [1.82, 2.24) is 0 Å². The third-order valence-corrected chi connectivity index (χ3v) is 4.15. The fourth-order valence-corrected chi connectivity index (χ4v) is 2.76. The Hall–Kier alpha value is -1.76. The van der Waals surface area contributed by atoms with E-state index in [2.05, 4.69) is 34.8 Å². The lowest BCUT2D eigenvalue weighted by Crippen LogP contribution is -2.13. The molecule has 0 unspecified atom stereocenters. The van der Waals surface area contributed by atoms with Crippen LogP contribution in [0.4, 0.5) is 5.69 Å². The van der Waals surface area contributed by atoms with Crippen molar-refractivity contribution < 1.29 is 14.3 Å². The number of methoxy groups -OCH3 is 1. The second kappa shape index (κ2) is 8.76. The number of hydrogen-bond acceptors (Lipinski definition) is 3. The number of amides is 1. The number of halogens is 1. The molecule has 1 N–H and O–H groups in total. The number of nitrogens with one attached hydrogen (secondary N) is 1. The monoisotopic (exact) mass is 425 g/mol. The summed E-state index contributed by atoms with van der Waals surface area (Å²) in [5.41, 5.74) is 1.26. The maximum Gasteiger partial charge on any atom is 0.255 e. The van der Waals surface area contributed by atoms with Gasteiger partial charge >= 0.3 is 0 Å². The van der Waals surface area contributed by atoms with Crippen LogP contribution in [0.1, 0.15) is 30.1 Å². The first-order valence-corrected chi connectivity index (χ1v) is 8.60. The standard InChI is InChI=1S/C18H20INO3/c1-3-4-11-23-17-8-6-5-7-15(17)20-18(21)13-9-10-16(22-2)14(19)12-13/h5-10,12H,3-4,11H2,1-2H3,(H,20,21). The van der Waals surface area contributed by atoms with Gasteiger partial charge in [-0.2, -0.15) is 0 Å². The van der Waals surface area contributed by atoms with Crippen LogP contribution in [0.5, 0.6) is 11.5 Å². The number of anilines is 1. The molecule has 0 aliphatic heterocycles. The topological polar surface area (TPSA) is 47.6 Å². The molecule has 0 spiro atoms. The molecule has 23 heavy (non-hydrogen) atoms. The van der Waals surface area contributed by atoms with Crippen LogP contribution < -0.4 is 14.8 Å². The summed E-state index contributed by atoms with van der Waals surface area (Å²) in [6.07, 6.45) is 2.05. The maximum absolute atomic E-state index is 12.4. The molecule has 122 valence electrons. The van der Waals surface area contributed by atoms with Crippen molar-refractivity contribution in [2.24, 2.45) is 0 Å². The smallest absolute Gasteiger partial charge is 0.255 e. The van der Waals surface area contributed by atoms with E-state index in [0.29, 0.717) is 23.6 Å². The first kappa shape index (κ1) is 17.6. The van der Waals surface area contributed by atoms with E-state index in [4.69, 9.17) is 9.47 Å². The molecule has 5 heteroatoms. The van der Waals surface area contributed by atoms with Crippen LogP contribution in [0, 0.1) is 3.57 Å². The van der Waals surface area contributed by atoms with Crippen molar-refractivity contribution in [3.63, 3.8) is 0 Å². The van der Waals surface area contributed by atoms with Crippen LogP contribution in [-0.4, -0.2) is 19.6 Å². The number of rotatable bonds is 7. The Morgan fingerprint density at radius 1 is 1.17 bits per heavy atom. The van der Waals surface area contributed by atoms with Gasteiger partial charge in [-0.15, -0.1) is 0 Å². The van der Waals surface area contributed by atoms with Gasteiger partial charge in [-0.3, -0.25) is 4.79 Å². The molecule has 0 saturated carbocycles. The molecular formula is C18H20INO3. The minimum absolute atomic E-state index is 0.169. The molecule has 0 heterocycles. The highest BCUT2D eigenvalue weighted by atomic mass is 127. The van der Waals surface area contributed by atoms with Crippen molar-refractivity contribution in [3.8, 4) is 11.5 Å². The number of para-hydroxylation sites is 2. The van der Waals surface area contributed by atoms with E-state index in [1.807, 2.05) is 24.3 Å². The summed E-state index contributed by atoms with van der Waals surface area (Å²) in [7, 11) is 1.61. The zero-order valence-electron chi connectivity index (χ0n) is 13.3. The predicted octanol–water partition coefficient (Wildman–Crippen LogP) is 4.73. The van der Waals surface area contributed by atoms with Crippen LogP contribution in [0.3, 0.4) is 0 Å². The Labute approximate surface area is 150 Å². The van der Waals surface area contributed by atoms with Crippen molar-refractivity contribution in [1.29, 1.82) is 0 Å². The van der Waals surface area contributed by atoms with Crippen LogP contribution >= 0.6 is 22.6 Å². The molecule has 4 nitrogen and oxygen atoms in total. The van der Waals surface area contributed by atoms with E-state index in [1.165, 1.54) is 0 Å². The summed E-state index contributed by atoms with van der Waals surface area (Å²) in [4.78, 5) is 12.4. The molecule has 2 aromatic carbocycles. The van der Waals surface area contributed by atoms with Crippen molar-refractivity contribution in [2.75, 3.05) is 19.0 Å². The molecule has 2 rings (SSSR count). The summed E-state index contributed by atoms with van der Waals surface area (Å²) in [5.74, 6) is 1.28. The number of ether oxygens (including phenoxy) is 2. The Morgan fingerprint density at radius 2 is 1.96 bits per heavy atom. The molecule has 0 aromatic heterocycles. The van der Waals surface area contributed by atoms with Crippen LogP contribution in [0.25, 0.3) is 0 Å². The summed E-state index contributed by atoms with van der Waals surface area (Å²) >= 11 is 2.15. The Bertz CT molecular complexity index is 673. The Morgan fingerprint density at radius 3 is 2.65 bits per heavy atom. The third-order valence-electron chi connectivity index (χ3n) is 3.30. The quantitative estimate of drug-likeness (QED) is 0.516. The first-order valence-electron chi connectivity index (χ1n) is 7.52. The number of hydrogen-bond donors (Lipinski definition) is 1. The van der Waals surface area contributed by atoms with Crippen LogP contribution in [0.15, 0.2) is 42.5 Å². The van der Waals surface area contributed by atoms with Gasteiger partial charge in [0, 0.05) is 5.56 Å².